The van der Waals surface area contributed by atoms with E-state index < -0.39 is 23.9 Å². The summed E-state index contributed by atoms with van der Waals surface area (Å²) < 4.78 is 15.8. The molecule has 12 heteroatoms. The average Bonchev–Trinajstić information content (AvgIpc) is 2.91. The summed E-state index contributed by atoms with van der Waals surface area (Å²) in [6, 6.07) is 10.2. The van der Waals surface area contributed by atoms with Crippen LogP contribution >= 0.6 is 15.9 Å². The molecule has 0 aliphatic rings. The normalized spacial score (nSPS) is 11.8. The Kier molecular flexibility index (Phi) is 10.1. The van der Waals surface area contributed by atoms with Crippen molar-refractivity contribution < 1.29 is 28.6 Å². The lowest BCUT2D eigenvalue weighted by molar-refractivity contribution is -0.152. The van der Waals surface area contributed by atoms with E-state index in [9.17, 15) is 14.4 Å². The van der Waals surface area contributed by atoms with Crippen molar-refractivity contribution >= 4 is 61.9 Å². The number of amides is 1. The van der Waals surface area contributed by atoms with Crippen molar-refractivity contribution in [3.8, 4) is 5.75 Å². The van der Waals surface area contributed by atoms with Gasteiger partial charge in [0, 0.05) is 34.2 Å². The molecule has 3 rings (SSSR count). The molecule has 0 aliphatic carbocycles. The maximum absolute atomic E-state index is 12.7. The predicted molar refractivity (Wildman–Crippen MR) is 146 cm³/mol. The molecule has 0 aliphatic heterocycles. The average molecular weight is 586 g/mol. The van der Waals surface area contributed by atoms with Gasteiger partial charge in [-0.2, -0.15) is 0 Å². The first-order valence-corrected chi connectivity index (χ1v) is 12.2. The van der Waals surface area contributed by atoms with Crippen LogP contribution in [0, 0.1) is 0 Å². The van der Waals surface area contributed by atoms with Gasteiger partial charge in [-0.25, -0.2) is 9.97 Å². The molecule has 0 radical (unpaired) electrons. The number of ether oxygens (including phenoxy) is 3. The van der Waals surface area contributed by atoms with Crippen LogP contribution in [0.2, 0.25) is 0 Å². The van der Waals surface area contributed by atoms with Crippen molar-refractivity contribution in [3.05, 3.63) is 59.4 Å². The van der Waals surface area contributed by atoms with Crippen LogP contribution in [-0.2, 0) is 23.9 Å². The van der Waals surface area contributed by atoms with E-state index >= 15 is 0 Å². The lowest BCUT2D eigenvalue weighted by Crippen LogP contribution is -2.41. The van der Waals surface area contributed by atoms with Gasteiger partial charge in [0.15, 0.2) is 0 Å². The summed E-state index contributed by atoms with van der Waals surface area (Å²) in [5.41, 5.74) is 1.88. The van der Waals surface area contributed by atoms with E-state index in [1.807, 2.05) is 24.3 Å². The molecule has 1 aromatic heterocycles. The fourth-order valence-electron chi connectivity index (χ4n) is 3.58. The number of benzene rings is 2. The Balaban J connectivity index is 1.77. The number of carbonyl (C=O) groups excluding carboxylic acids is 3. The number of nitrogens with zero attached hydrogens (tertiary/aromatic N) is 3. The van der Waals surface area contributed by atoms with Gasteiger partial charge in [0.05, 0.1) is 39.0 Å². The molecular weight excluding hydrogens is 558 g/mol. The summed E-state index contributed by atoms with van der Waals surface area (Å²) in [5, 5.41) is 6.75. The third kappa shape index (κ3) is 7.49. The van der Waals surface area contributed by atoms with Crippen molar-refractivity contribution in [1.29, 1.82) is 0 Å². The summed E-state index contributed by atoms with van der Waals surface area (Å²) in [6.07, 6.45) is 4.17. The Morgan fingerprint density at radius 1 is 1.11 bits per heavy atom. The van der Waals surface area contributed by atoms with Crippen LogP contribution in [0.25, 0.3) is 10.9 Å². The van der Waals surface area contributed by atoms with Crippen LogP contribution in [0.1, 0.15) is 6.42 Å². The predicted octanol–water partition coefficient (Wildman–Crippen LogP) is 3.68. The number of hydrogen-bond acceptors (Lipinski definition) is 10. The Hall–Kier alpha value is -4.03. The van der Waals surface area contributed by atoms with E-state index in [4.69, 9.17) is 9.47 Å². The summed E-state index contributed by atoms with van der Waals surface area (Å²) in [7, 11) is 5.62. The maximum Gasteiger partial charge on any atom is 0.323 e. The van der Waals surface area contributed by atoms with Gasteiger partial charge in [-0.1, -0.05) is 28.1 Å². The van der Waals surface area contributed by atoms with Crippen LogP contribution in [0.5, 0.6) is 5.75 Å². The first kappa shape index (κ1) is 28.5. The molecule has 200 valence electrons. The second-order valence-corrected chi connectivity index (χ2v) is 8.99. The molecule has 1 unspecified atom stereocenters. The number of halogens is 1. The van der Waals surface area contributed by atoms with Crippen molar-refractivity contribution in [2.75, 3.05) is 45.6 Å². The van der Waals surface area contributed by atoms with Gasteiger partial charge in [0.2, 0.25) is 5.91 Å². The molecule has 38 heavy (non-hydrogen) atoms. The number of carbonyl (C=O) groups is 3. The van der Waals surface area contributed by atoms with Crippen LogP contribution in [0.4, 0.5) is 17.2 Å². The van der Waals surface area contributed by atoms with E-state index in [-0.39, 0.29) is 13.0 Å². The number of methoxy groups -OCH3 is 3. The molecule has 0 saturated carbocycles. The van der Waals surface area contributed by atoms with E-state index in [1.54, 1.807) is 30.2 Å². The molecule has 0 saturated heterocycles. The Bertz CT molecular complexity index is 1350. The van der Waals surface area contributed by atoms with Crippen molar-refractivity contribution in [2.45, 2.75) is 12.5 Å². The summed E-state index contributed by atoms with van der Waals surface area (Å²) >= 11 is 3.45. The van der Waals surface area contributed by atoms with Crippen molar-refractivity contribution in [3.63, 3.8) is 0 Å². The second-order valence-electron chi connectivity index (χ2n) is 8.08. The summed E-state index contributed by atoms with van der Waals surface area (Å²) in [6.45, 7) is 0.202. The minimum Gasteiger partial charge on any atom is -0.494 e. The standard InChI is InChI=1S/C26H28BrN5O6/c1-32(21(26(35)38-4)14-24(34)37-3)10-6-9-23(33)31-20-12-18-19(13-22(20)36-2)28-15-29-25(18)30-17-8-5-7-16(27)11-17/h5-9,11-13,15,21H,10,14H2,1-4H3,(H,31,33)(H,28,29,30). The maximum atomic E-state index is 12.7. The number of aromatic nitrogens is 2. The molecule has 1 atom stereocenters. The number of hydrogen-bond donors (Lipinski definition) is 2. The molecule has 0 bridgehead atoms. The monoisotopic (exact) mass is 585 g/mol. The van der Waals surface area contributed by atoms with Crippen molar-refractivity contribution in [2.24, 2.45) is 0 Å². The van der Waals surface area contributed by atoms with E-state index in [0.717, 1.165) is 10.2 Å². The highest BCUT2D eigenvalue weighted by Crippen LogP contribution is 2.33. The van der Waals surface area contributed by atoms with Gasteiger partial charge in [0.1, 0.15) is 23.9 Å². The number of fused-ring (bicyclic) bond motifs is 1. The molecule has 1 amide bonds. The third-order valence-electron chi connectivity index (χ3n) is 5.56. The van der Waals surface area contributed by atoms with E-state index in [0.29, 0.717) is 28.2 Å². The molecule has 1 heterocycles. The minimum atomic E-state index is -0.850. The van der Waals surface area contributed by atoms with Crippen LogP contribution < -0.4 is 15.4 Å². The molecule has 11 nitrogen and oxygen atoms in total. The molecule has 0 spiro atoms. The van der Waals surface area contributed by atoms with E-state index in [1.165, 1.54) is 33.7 Å². The molecule has 0 fully saturated rings. The fourth-order valence-corrected chi connectivity index (χ4v) is 3.98. The van der Waals surface area contributed by atoms with Gasteiger partial charge >= 0.3 is 11.9 Å². The minimum absolute atomic E-state index is 0.174. The van der Waals surface area contributed by atoms with Crippen LogP contribution in [0.3, 0.4) is 0 Å². The molecule has 2 aromatic carbocycles. The van der Waals surface area contributed by atoms with Crippen LogP contribution in [-0.4, -0.2) is 73.7 Å². The number of rotatable bonds is 11. The van der Waals surface area contributed by atoms with Gasteiger partial charge in [-0.05, 0) is 31.3 Å². The Morgan fingerprint density at radius 3 is 2.58 bits per heavy atom. The zero-order valence-electron chi connectivity index (χ0n) is 21.4. The van der Waals surface area contributed by atoms with Gasteiger partial charge in [-0.3, -0.25) is 19.3 Å². The first-order chi connectivity index (χ1) is 18.2. The smallest absolute Gasteiger partial charge is 0.323 e. The highest BCUT2D eigenvalue weighted by atomic mass is 79.9. The fraction of sp³-hybridized carbons (Fsp3) is 0.269. The van der Waals surface area contributed by atoms with Gasteiger partial charge in [-0.15, -0.1) is 0 Å². The SMILES string of the molecule is COC(=O)CC(C(=O)OC)N(C)CC=CC(=O)Nc1cc2c(Nc3cccc(Br)c3)ncnc2cc1OC. The lowest BCUT2D eigenvalue weighted by atomic mass is 10.1. The zero-order valence-corrected chi connectivity index (χ0v) is 22.9. The molecule has 3 aromatic rings. The second kappa shape index (κ2) is 13.5. The number of likely N-dealkylation sites (N-methyl/N-ethyl adjacent to an activating group) is 1. The highest BCUT2D eigenvalue weighted by Gasteiger charge is 2.26. The van der Waals surface area contributed by atoms with Gasteiger partial charge < -0.3 is 24.8 Å². The first-order valence-electron chi connectivity index (χ1n) is 11.4. The lowest BCUT2D eigenvalue weighted by Gasteiger charge is -2.23. The number of anilines is 3. The molecule has 2 N–H and O–H groups in total. The quantitative estimate of drug-likeness (QED) is 0.253. The van der Waals surface area contributed by atoms with Crippen molar-refractivity contribution in [1.82, 2.24) is 14.9 Å². The summed E-state index contributed by atoms with van der Waals surface area (Å²) in [4.78, 5) is 46.7. The zero-order chi connectivity index (χ0) is 27.7. The third-order valence-corrected chi connectivity index (χ3v) is 6.05. The largest absolute Gasteiger partial charge is 0.494 e. The van der Waals surface area contributed by atoms with Gasteiger partial charge in [0.25, 0.3) is 0 Å². The number of esters is 2. The van der Waals surface area contributed by atoms with Crippen LogP contribution in [0.15, 0.2) is 59.4 Å². The molecular formula is C26H28BrN5O6. The van der Waals surface area contributed by atoms with E-state index in [2.05, 4.69) is 41.3 Å². The topological polar surface area (TPSA) is 132 Å². The Morgan fingerprint density at radius 2 is 1.89 bits per heavy atom. The number of nitrogens with one attached hydrogen (secondary N) is 2. The summed E-state index contributed by atoms with van der Waals surface area (Å²) in [5.74, 6) is -0.562. The Labute approximate surface area is 228 Å². The highest BCUT2D eigenvalue weighted by molar-refractivity contribution is 9.10.